The molecule has 0 aromatic heterocycles. The summed E-state index contributed by atoms with van der Waals surface area (Å²) in [5, 5.41) is 3.41. The Kier molecular flexibility index (Phi) is 5.48. The summed E-state index contributed by atoms with van der Waals surface area (Å²) in [4.78, 5) is 14.6. The fraction of sp³-hybridized carbons (Fsp3) is 0.933. The van der Waals surface area contributed by atoms with E-state index in [9.17, 15) is 4.79 Å². The summed E-state index contributed by atoms with van der Waals surface area (Å²) in [5.41, 5.74) is 0. The summed E-state index contributed by atoms with van der Waals surface area (Å²) in [6, 6.07) is 0.444. The van der Waals surface area contributed by atoms with E-state index in [1.54, 1.807) is 0 Å². The first-order chi connectivity index (χ1) is 8.81. The first-order valence-electron chi connectivity index (χ1n) is 7.81. The summed E-state index contributed by atoms with van der Waals surface area (Å²) < 4.78 is 0. The van der Waals surface area contributed by atoms with Crippen LogP contribution in [-0.2, 0) is 4.79 Å². The van der Waals surface area contributed by atoms with E-state index in [2.05, 4.69) is 17.1 Å². The molecule has 18 heavy (non-hydrogen) atoms. The lowest BCUT2D eigenvalue weighted by molar-refractivity contribution is -0.134. The minimum Gasteiger partial charge on any atom is -0.339 e. The number of rotatable bonds is 4. The molecule has 0 spiro atoms. The molecule has 1 amide bonds. The smallest absolute Gasteiger partial charge is 0.223 e. The molecular formula is C15H28N2O. The van der Waals surface area contributed by atoms with Gasteiger partial charge in [-0.1, -0.05) is 19.3 Å². The van der Waals surface area contributed by atoms with Crippen LogP contribution in [0.2, 0.25) is 0 Å². The minimum atomic E-state index is 0.401. The van der Waals surface area contributed by atoms with Gasteiger partial charge in [0.2, 0.25) is 5.91 Å². The second kappa shape index (κ2) is 7.13. The molecule has 104 valence electrons. The van der Waals surface area contributed by atoms with Crippen molar-refractivity contribution in [2.75, 3.05) is 19.6 Å². The average molecular weight is 252 g/mol. The van der Waals surface area contributed by atoms with Gasteiger partial charge in [-0.05, 0) is 45.1 Å². The Morgan fingerprint density at radius 2 is 1.94 bits per heavy atom. The van der Waals surface area contributed by atoms with Gasteiger partial charge in [-0.25, -0.2) is 0 Å². The number of amides is 1. The summed E-state index contributed by atoms with van der Waals surface area (Å²) in [7, 11) is 0. The molecule has 2 rings (SSSR count). The van der Waals surface area contributed by atoms with Crippen LogP contribution in [0.4, 0.5) is 0 Å². The zero-order valence-electron chi connectivity index (χ0n) is 11.8. The van der Waals surface area contributed by atoms with Gasteiger partial charge in [0, 0.05) is 25.6 Å². The van der Waals surface area contributed by atoms with Crippen molar-refractivity contribution >= 4 is 5.91 Å². The van der Waals surface area contributed by atoms with Gasteiger partial charge in [-0.2, -0.15) is 0 Å². The van der Waals surface area contributed by atoms with Crippen LogP contribution in [0.3, 0.4) is 0 Å². The predicted molar refractivity (Wildman–Crippen MR) is 74.5 cm³/mol. The highest BCUT2D eigenvalue weighted by Crippen LogP contribution is 2.27. The monoisotopic (exact) mass is 252 g/mol. The van der Waals surface area contributed by atoms with Gasteiger partial charge in [0.05, 0.1) is 0 Å². The number of nitrogens with zero attached hydrogens (tertiary/aromatic N) is 1. The van der Waals surface area contributed by atoms with Crippen molar-refractivity contribution in [3.63, 3.8) is 0 Å². The number of hydrogen-bond acceptors (Lipinski definition) is 2. The normalized spacial score (nSPS) is 25.9. The zero-order valence-corrected chi connectivity index (χ0v) is 11.8. The molecular weight excluding hydrogens is 224 g/mol. The number of likely N-dealkylation sites (N-methyl/N-ethyl adjacent to an activating group) is 1. The third-order valence-electron chi connectivity index (χ3n) is 4.56. The van der Waals surface area contributed by atoms with Crippen molar-refractivity contribution in [2.45, 2.75) is 64.3 Å². The third kappa shape index (κ3) is 3.71. The molecule has 1 saturated heterocycles. The van der Waals surface area contributed by atoms with Crippen molar-refractivity contribution in [3.05, 3.63) is 0 Å². The molecule has 2 fully saturated rings. The van der Waals surface area contributed by atoms with Crippen molar-refractivity contribution in [1.82, 2.24) is 10.2 Å². The Morgan fingerprint density at radius 3 is 2.56 bits per heavy atom. The van der Waals surface area contributed by atoms with E-state index in [0.29, 0.717) is 17.9 Å². The van der Waals surface area contributed by atoms with Crippen LogP contribution in [0.15, 0.2) is 0 Å². The summed E-state index contributed by atoms with van der Waals surface area (Å²) in [6.07, 6.45) is 9.75. The zero-order chi connectivity index (χ0) is 12.8. The average Bonchev–Trinajstić information content (AvgIpc) is 2.42. The van der Waals surface area contributed by atoms with Crippen molar-refractivity contribution in [3.8, 4) is 0 Å². The number of nitrogens with one attached hydrogen (secondary N) is 1. The van der Waals surface area contributed by atoms with E-state index < -0.39 is 0 Å². The Labute approximate surface area is 111 Å². The molecule has 3 heteroatoms. The fourth-order valence-electron chi connectivity index (χ4n) is 3.49. The molecule has 3 nitrogen and oxygen atoms in total. The van der Waals surface area contributed by atoms with Gasteiger partial charge in [-0.3, -0.25) is 4.79 Å². The summed E-state index contributed by atoms with van der Waals surface area (Å²) in [5.74, 6) is 1.06. The lowest BCUT2D eigenvalue weighted by atomic mass is 9.86. The van der Waals surface area contributed by atoms with Gasteiger partial charge in [0.1, 0.15) is 0 Å². The van der Waals surface area contributed by atoms with Crippen LogP contribution in [0.5, 0.6) is 0 Å². The first-order valence-corrected chi connectivity index (χ1v) is 7.81. The van der Waals surface area contributed by atoms with Gasteiger partial charge in [-0.15, -0.1) is 0 Å². The Morgan fingerprint density at radius 1 is 1.17 bits per heavy atom. The molecule has 2 aliphatic rings. The maximum Gasteiger partial charge on any atom is 0.223 e. The van der Waals surface area contributed by atoms with Crippen LogP contribution in [0.25, 0.3) is 0 Å². The number of piperidine rings is 1. The van der Waals surface area contributed by atoms with E-state index in [1.165, 1.54) is 44.9 Å². The summed E-state index contributed by atoms with van der Waals surface area (Å²) in [6.45, 7) is 5.10. The molecule has 1 N–H and O–H groups in total. The number of hydrogen-bond donors (Lipinski definition) is 1. The standard InChI is InChI=1S/C15H28N2O/c1-2-17(14-9-6-10-16-12-14)15(18)11-13-7-4-3-5-8-13/h13-14,16H,2-12H2,1H3. The van der Waals surface area contributed by atoms with Crippen LogP contribution >= 0.6 is 0 Å². The van der Waals surface area contributed by atoms with E-state index in [0.717, 1.165) is 26.1 Å². The van der Waals surface area contributed by atoms with E-state index >= 15 is 0 Å². The van der Waals surface area contributed by atoms with E-state index in [4.69, 9.17) is 0 Å². The molecule has 0 bridgehead atoms. The highest BCUT2D eigenvalue weighted by Gasteiger charge is 2.26. The molecule has 0 radical (unpaired) electrons. The second-order valence-electron chi connectivity index (χ2n) is 5.89. The maximum atomic E-state index is 12.4. The molecule has 0 aromatic carbocycles. The molecule has 1 unspecified atom stereocenters. The molecule has 1 heterocycles. The molecule has 1 saturated carbocycles. The van der Waals surface area contributed by atoms with Crippen LogP contribution in [0, 0.1) is 5.92 Å². The molecule has 1 aliphatic carbocycles. The third-order valence-corrected chi connectivity index (χ3v) is 4.56. The second-order valence-corrected chi connectivity index (χ2v) is 5.89. The van der Waals surface area contributed by atoms with Crippen LogP contribution in [0.1, 0.15) is 58.3 Å². The Bertz CT molecular complexity index is 255. The largest absolute Gasteiger partial charge is 0.339 e. The predicted octanol–water partition coefficient (Wildman–Crippen LogP) is 2.56. The van der Waals surface area contributed by atoms with Gasteiger partial charge < -0.3 is 10.2 Å². The topological polar surface area (TPSA) is 32.3 Å². The number of carbonyl (C=O) groups excluding carboxylic acids is 1. The fourth-order valence-corrected chi connectivity index (χ4v) is 3.49. The first kappa shape index (κ1) is 13.9. The molecule has 1 atom stereocenters. The highest BCUT2D eigenvalue weighted by atomic mass is 16.2. The van der Waals surface area contributed by atoms with Gasteiger partial charge >= 0.3 is 0 Å². The minimum absolute atomic E-state index is 0.401. The Balaban J connectivity index is 1.83. The highest BCUT2D eigenvalue weighted by molar-refractivity contribution is 5.76. The van der Waals surface area contributed by atoms with Crippen molar-refractivity contribution < 1.29 is 4.79 Å². The van der Waals surface area contributed by atoms with E-state index in [1.807, 2.05) is 0 Å². The van der Waals surface area contributed by atoms with Crippen LogP contribution in [-0.4, -0.2) is 36.5 Å². The SMILES string of the molecule is CCN(C(=O)CC1CCCCC1)C1CCCNC1. The van der Waals surface area contributed by atoms with E-state index in [-0.39, 0.29) is 0 Å². The van der Waals surface area contributed by atoms with Crippen molar-refractivity contribution in [2.24, 2.45) is 5.92 Å². The summed E-state index contributed by atoms with van der Waals surface area (Å²) >= 11 is 0. The number of carbonyl (C=O) groups is 1. The molecule has 1 aliphatic heterocycles. The Hall–Kier alpha value is -0.570. The lowest BCUT2D eigenvalue weighted by Crippen LogP contribution is -2.49. The van der Waals surface area contributed by atoms with Crippen LogP contribution < -0.4 is 5.32 Å². The maximum absolute atomic E-state index is 12.4. The quantitative estimate of drug-likeness (QED) is 0.834. The van der Waals surface area contributed by atoms with Gasteiger partial charge in [0.25, 0.3) is 0 Å². The lowest BCUT2D eigenvalue weighted by Gasteiger charge is -2.35. The van der Waals surface area contributed by atoms with Gasteiger partial charge in [0.15, 0.2) is 0 Å². The van der Waals surface area contributed by atoms with Crippen molar-refractivity contribution in [1.29, 1.82) is 0 Å². The molecule has 0 aromatic rings.